The van der Waals surface area contributed by atoms with Gasteiger partial charge < -0.3 is 5.32 Å². The molecule has 0 spiro atoms. The number of thiophene rings is 1. The van der Waals surface area contributed by atoms with Crippen molar-refractivity contribution >= 4 is 27.0 Å². The van der Waals surface area contributed by atoms with Crippen LogP contribution in [0.4, 0.5) is 5.82 Å². The molecule has 0 aliphatic rings. The molecule has 0 amide bonds. The van der Waals surface area contributed by atoms with Gasteiger partial charge in [0.2, 0.25) is 0 Å². The van der Waals surface area contributed by atoms with Crippen LogP contribution in [0.15, 0.2) is 29.3 Å². The molecule has 102 valence electrons. The number of aromatic nitrogens is 1. The number of sulfone groups is 1. The van der Waals surface area contributed by atoms with Crippen LogP contribution in [0.3, 0.4) is 0 Å². The van der Waals surface area contributed by atoms with Crippen LogP contribution < -0.4 is 5.32 Å². The molecular formula is C13H16N2O2S2. The largest absolute Gasteiger partial charge is 0.364 e. The molecule has 4 nitrogen and oxygen atoms in total. The standard InChI is InChI=1S/C13H16N2O2S2/c1-9-7-11(18-10(9)2)8-15-13-12(19(3,16)17)5-4-6-14-13/h4-7H,8H2,1-3H3,(H,14,15). The molecule has 2 aromatic rings. The molecule has 1 N–H and O–H groups in total. The van der Waals surface area contributed by atoms with Gasteiger partial charge in [0.05, 0.1) is 6.54 Å². The molecule has 6 heteroatoms. The Balaban J connectivity index is 2.21. The van der Waals surface area contributed by atoms with Gasteiger partial charge in [0.25, 0.3) is 0 Å². The Morgan fingerprint density at radius 2 is 2.11 bits per heavy atom. The van der Waals surface area contributed by atoms with Gasteiger partial charge in [0, 0.05) is 22.2 Å². The number of pyridine rings is 1. The van der Waals surface area contributed by atoms with Crippen LogP contribution in [0.1, 0.15) is 15.3 Å². The number of anilines is 1. The quantitative estimate of drug-likeness (QED) is 0.942. The first-order chi connectivity index (χ1) is 8.88. The highest BCUT2D eigenvalue weighted by Crippen LogP contribution is 2.23. The van der Waals surface area contributed by atoms with Gasteiger partial charge in [-0.25, -0.2) is 13.4 Å². The van der Waals surface area contributed by atoms with Crippen molar-refractivity contribution in [3.8, 4) is 0 Å². The zero-order valence-corrected chi connectivity index (χ0v) is 12.7. The summed E-state index contributed by atoms with van der Waals surface area (Å²) in [5, 5.41) is 3.10. The minimum Gasteiger partial charge on any atom is -0.364 e. The zero-order valence-electron chi connectivity index (χ0n) is 11.1. The Kier molecular flexibility index (Phi) is 3.91. The molecule has 0 saturated heterocycles. The summed E-state index contributed by atoms with van der Waals surface area (Å²) < 4.78 is 23.3. The number of hydrogen-bond donors (Lipinski definition) is 1. The molecule has 2 rings (SSSR count). The van der Waals surface area contributed by atoms with Crippen LogP contribution in [-0.2, 0) is 16.4 Å². The van der Waals surface area contributed by atoms with Gasteiger partial charge in [-0.3, -0.25) is 0 Å². The van der Waals surface area contributed by atoms with E-state index in [1.807, 2.05) is 0 Å². The maximum atomic E-state index is 11.6. The van der Waals surface area contributed by atoms with Crippen LogP contribution in [0, 0.1) is 13.8 Å². The third kappa shape index (κ3) is 3.33. The Bertz CT molecular complexity index is 671. The normalized spacial score (nSPS) is 11.5. The molecule has 0 aliphatic carbocycles. The molecule has 2 heterocycles. The van der Waals surface area contributed by atoms with Crippen LogP contribution in [0.2, 0.25) is 0 Å². The van der Waals surface area contributed by atoms with Crippen molar-refractivity contribution < 1.29 is 8.42 Å². The van der Waals surface area contributed by atoms with E-state index in [0.29, 0.717) is 12.4 Å². The molecular weight excluding hydrogens is 280 g/mol. The number of rotatable bonds is 4. The Morgan fingerprint density at radius 1 is 1.37 bits per heavy atom. The van der Waals surface area contributed by atoms with Gasteiger partial charge >= 0.3 is 0 Å². The maximum Gasteiger partial charge on any atom is 0.179 e. The average molecular weight is 296 g/mol. The van der Waals surface area contributed by atoms with Crippen molar-refractivity contribution in [1.82, 2.24) is 4.98 Å². The summed E-state index contributed by atoms with van der Waals surface area (Å²) in [6.45, 7) is 4.73. The molecule has 0 bridgehead atoms. The van der Waals surface area contributed by atoms with E-state index in [4.69, 9.17) is 0 Å². The number of nitrogens with zero attached hydrogens (tertiary/aromatic N) is 1. The van der Waals surface area contributed by atoms with E-state index >= 15 is 0 Å². The molecule has 0 fully saturated rings. The van der Waals surface area contributed by atoms with Gasteiger partial charge in [-0.1, -0.05) is 0 Å². The summed E-state index contributed by atoms with van der Waals surface area (Å²) in [6, 6.07) is 5.30. The first kappa shape index (κ1) is 14.0. The van der Waals surface area contributed by atoms with E-state index in [9.17, 15) is 8.42 Å². The minimum absolute atomic E-state index is 0.236. The summed E-state index contributed by atoms with van der Waals surface area (Å²) in [7, 11) is -3.26. The Morgan fingerprint density at radius 3 is 2.68 bits per heavy atom. The molecule has 0 aromatic carbocycles. The fourth-order valence-electron chi connectivity index (χ4n) is 1.73. The van der Waals surface area contributed by atoms with Gasteiger partial charge in [-0.05, 0) is 37.6 Å². The van der Waals surface area contributed by atoms with E-state index in [0.717, 1.165) is 0 Å². The number of hydrogen-bond acceptors (Lipinski definition) is 5. The number of aryl methyl sites for hydroxylation is 2. The fraction of sp³-hybridized carbons (Fsp3) is 0.308. The summed E-state index contributed by atoms with van der Waals surface area (Å²) in [4.78, 5) is 6.79. The lowest BCUT2D eigenvalue weighted by atomic mass is 10.3. The third-order valence-corrected chi connectivity index (χ3v) is 5.10. The van der Waals surface area contributed by atoms with E-state index in [1.54, 1.807) is 29.7 Å². The second-order valence-corrected chi connectivity index (χ2v) is 7.75. The summed E-state index contributed by atoms with van der Waals surface area (Å²) in [5.41, 5.74) is 1.26. The lowest BCUT2D eigenvalue weighted by molar-refractivity contribution is 0.601. The summed E-state index contributed by atoms with van der Waals surface area (Å²) in [5.74, 6) is 0.411. The topological polar surface area (TPSA) is 59.1 Å². The molecule has 0 radical (unpaired) electrons. The molecule has 0 atom stereocenters. The van der Waals surface area contributed by atoms with Gasteiger partial charge in [-0.15, -0.1) is 11.3 Å². The predicted octanol–water partition coefficient (Wildman–Crippen LogP) is 2.78. The highest BCUT2D eigenvalue weighted by molar-refractivity contribution is 7.90. The first-order valence-electron chi connectivity index (χ1n) is 5.83. The molecule has 0 aliphatic heterocycles. The highest BCUT2D eigenvalue weighted by atomic mass is 32.2. The lowest BCUT2D eigenvalue weighted by Gasteiger charge is -2.08. The van der Waals surface area contributed by atoms with Gasteiger partial charge in [-0.2, -0.15) is 0 Å². The lowest BCUT2D eigenvalue weighted by Crippen LogP contribution is -2.07. The third-order valence-electron chi connectivity index (χ3n) is 2.82. The van der Waals surface area contributed by atoms with Crippen molar-refractivity contribution in [1.29, 1.82) is 0 Å². The van der Waals surface area contributed by atoms with Gasteiger partial charge in [0.15, 0.2) is 9.84 Å². The van der Waals surface area contributed by atoms with Crippen molar-refractivity contribution in [3.63, 3.8) is 0 Å². The smallest absolute Gasteiger partial charge is 0.179 e. The summed E-state index contributed by atoms with van der Waals surface area (Å²) in [6.07, 6.45) is 2.77. The highest BCUT2D eigenvalue weighted by Gasteiger charge is 2.13. The van der Waals surface area contributed by atoms with Crippen molar-refractivity contribution in [2.45, 2.75) is 25.3 Å². The molecule has 0 saturated carbocycles. The van der Waals surface area contributed by atoms with Crippen molar-refractivity contribution in [2.24, 2.45) is 0 Å². The van der Waals surface area contributed by atoms with Crippen LogP contribution in [-0.4, -0.2) is 19.7 Å². The fourth-order valence-corrected chi connectivity index (χ4v) is 3.53. The van der Waals surface area contributed by atoms with Crippen molar-refractivity contribution in [2.75, 3.05) is 11.6 Å². The first-order valence-corrected chi connectivity index (χ1v) is 8.53. The Labute approximate surface area is 117 Å². The second kappa shape index (κ2) is 5.30. The Hall–Kier alpha value is -1.40. The minimum atomic E-state index is -3.26. The van der Waals surface area contributed by atoms with E-state index in [2.05, 4.69) is 30.2 Å². The number of nitrogens with one attached hydrogen (secondary N) is 1. The molecule has 19 heavy (non-hydrogen) atoms. The van der Waals surface area contributed by atoms with Crippen LogP contribution >= 0.6 is 11.3 Å². The SMILES string of the molecule is Cc1cc(CNc2ncccc2S(C)(=O)=O)sc1C. The van der Waals surface area contributed by atoms with Crippen molar-refractivity contribution in [3.05, 3.63) is 39.7 Å². The van der Waals surface area contributed by atoms with Crippen LogP contribution in [0.25, 0.3) is 0 Å². The monoisotopic (exact) mass is 296 g/mol. The zero-order chi connectivity index (χ0) is 14.0. The van der Waals surface area contributed by atoms with Gasteiger partial charge in [0.1, 0.15) is 10.7 Å². The molecule has 0 unspecified atom stereocenters. The average Bonchev–Trinajstić information content (AvgIpc) is 2.65. The second-order valence-electron chi connectivity index (χ2n) is 4.43. The molecule has 2 aromatic heterocycles. The maximum absolute atomic E-state index is 11.6. The predicted molar refractivity (Wildman–Crippen MR) is 78.5 cm³/mol. The van der Waals surface area contributed by atoms with E-state index < -0.39 is 9.84 Å². The summed E-state index contributed by atoms with van der Waals surface area (Å²) >= 11 is 1.71. The van der Waals surface area contributed by atoms with Crippen LogP contribution in [0.5, 0.6) is 0 Å². The van der Waals surface area contributed by atoms with E-state index in [-0.39, 0.29) is 4.90 Å². The van der Waals surface area contributed by atoms with E-state index in [1.165, 1.54) is 21.6 Å².